The molecule has 0 saturated carbocycles. The molecule has 0 aromatic heterocycles. The summed E-state index contributed by atoms with van der Waals surface area (Å²) in [5.74, 6) is -6.31. The lowest BCUT2D eigenvalue weighted by Gasteiger charge is -2.13. The molecule has 0 aliphatic carbocycles. The molecule has 3 aromatic rings. The predicted molar refractivity (Wildman–Crippen MR) is 120 cm³/mol. The van der Waals surface area contributed by atoms with Gasteiger partial charge in [0.2, 0.25) is 0 Å². The Labute approximate surface area is 208 Å². The predicted octanol–water partition coefficient (Wildman–Crippen LogP) is 8.76. The maximum atomic E-state index is 14.0. The Balaban J connectivity index is 1.86. The number of hydrazone groups is 1. The van der Waals surface area contributed by atoms with Gasteiger partial charge in [-0.15, -0.1) is 0 Å². The van der Waals surface area contributed by atoms with E-state index < -0.39 is 34.9 Å². The number of nitrogens with zero attached hydrogens (tertiary/aromatic N) is 1. The van der Waals surface area contributed by atoms with E-state index in [2.05, 4.69) is 5.10 Å². The van der Waals surface area contributed by atoms with E-state index in [1.807, 2.05) is 5.43 Å². The summed E-state index contributed by atoms with van der Waals surface area (Å²) in [5.41, 5.74) is -0.651. The summed E-state index contributed by atoms with van der Waals surface area (Å²) in [6.45, 7) is -0.0461. The fourth-order valence-electron chi connectivity index (χ4n) is 2.72. The molecule has 0 spiro atoms. The van der Waals surface area contributed by atoms with Crippen LogP contribution in [0.3, 0.4) is 0 Å². The highest BCUT2D eigenvalue weighted by Crippen LogP contribution is 2.37. The van der Waals surface area contributed by atoms with Crippen molar-refractivity contribution in [1.82, 2.24) is 0 Å². The molecule has 34 heavy (non-hydrogen) atoms. The van der Waals surface area contributed by atoms with Crippen LogP contribution in [0.1, 0.15) is 16.7 Å². The lowest BCUT2D eigenvalue weighted by atomic mass is 10.1. The van der Waals surface area contributed by atoms with Crippen LogP contribution in [0.15, 0.2) is 41.5 Å². The number of alkyl halides is 3. The van der Waals surface area contributed by atoms with Gasteiger partial charge >= 0.3 is 6.18 Å². The molecule has 0 aliphatic rings. The van der Waals surface area contributed by atoms with Gasteiger partial charge in [-0.1, -0.05) is 52.5 Å². The van der Waals surface area contributed by atoms with Crippen LogP contribution in [0.2, 0.25) is 20.1 Å². The Hall–Kier alpha value is -2.33. The molecule has 0 heterocycles. The van der Waals surface area contributed by atoms with Gasteiger partial charge in [-0.2, -0.15) is 18.3 Å². The number of benzene rings is 3. The minimum Gasteiger partial charge on any atom is -0.487 e. The number of ether oxygens (including phenoxy) is 1. The Kier molecular flexibility index (Phi) is 8.13. The van der Waals surface area contributed by atoms with Crippen LogP contribution in [0.25, 0.3) is 0 Å². The van der Waals surface area contributed by atoms with Crippen LogP contribution < -0.4 is 10.2 Å². The van der Waals surface area contributed by atoms with E-state index in [1.165, 1.54) is 18.2 Å². The third kappa shape index (κ3) is 6.02. The van der Waals surface area contributed by atoms with Crippen LogP contribution in [0.4, 0.5) is 32.0 Å². The molecule has 0 amide bonds. The van der Waals surface area contributed by atoms with E-state index >= 15 is 0 Å². The SMILES string of the molecule is Fc1cc(N/N=C/c2cc(Cl)cc(Cl)c2OCc2ccc(Cl)cc2Cl)c(F)c(F)c1C(F)(F)F. The smallest absolute Gasteiger partial charge is 0.422 e. The average molecular weight is 562 g/mol. The first-order chi connectivity index (χ1) is 15.9. The zero-order valence-electron chi connectivity index (χ0n) is 16.4. The van der Waals surface area contributed by atoms with Gasteiger partial charge in [-0.25, -0.2) is 13.2 Å². The Morgan fingerprint density at radius 2 is 1.56 bits per heavy atom. The number of hydrogen-bond acceptors (Lipinski definition) is 3. The second-order valence-electron chi connectivity index (χ2n) is 6.61. The van der Waals surface area contributed by atoms with Crippen molar-refractivity contribution in [2.24, 2.45) is 5.10 Å². The average Bonchev–Trinajstić information content (AvgIpc) is 2.71. The van der Waals surface area contributed by atoms with Crippen LogP contribution in [-0.4, -0.2) is 6.21 Å². The molecule has 0 radical (unpaired) electrons. The molecule has 180 valence electrons. The molecule has 3 rings (SSSR count). The minimum absolute atomic E-state index is 0.0461. The van der Waals surface area contributed by atoms with Crippen LogP contribution in [-0.2, 0) is 12.8 Å². The van der Waals surface area contributed by atoms with Crippen molar-refractivity contribution < 1.29 is 31.1 Å². The quantitative estimate of drug-likeness (QED) is 0.141. The lowest BCUT2D eigenvalue weighted by Crippen LogP contribution is -2.14. The Morgan fingerprint density at radius 3 is 2.21 bits per heavy atom. The Morgan fingerprint density at radius 1 is 0.882 bits per heavy atom. The standard InChI is InChI=1S/C21H10Cl4F6N2O/c22-11-2-1-9(13(24)4-11)8-34-20-10(3-12(23)5-14(20)25)7-32-33-16-6-15(26)17(21(29,30)31)19(28)18(16)27/h1-7,33H,8H2/b32-7+. The fourth-order valence-corrected chi connectivity index (χ4v) is 3.75. The lowest BCUT2D eigenvalue weighted by molar-refractivity contribution is -0.142. The molecule has 13 heteroatoms. The molecule has 0 fully saturated rings. The second-order valence-corrected chi connectivity index (χ2v) is 8.29. The molecule has 0 saturated heterocycles. The van der Waals surface area contributed by atoms with Crippen molar-refractivity contribution in [3.8, 4) is 5.75 Å². The third-order valence-corrected chi connectivity index (χ3v) is 5.34. The number of halogens is 10. The number of rotatable bonds is 6. The molecule has 0 aliphatic heterocycles. The largest absolute Gasteiger partial charge is 0.487 e. The third-order valence-electron chi connectivity index (χ3n) is 4.25. The van der Waals surface area contributed by atoms with Gasteiger partial charge in [0, 0.05) is 32.3 Å². The van der Waals surface area contributed by atoms with E-state index in [1.54, 1.807) is 12.1 Å². The van der Waals surface area contributed by atoms with E-state index in [9.17, 15) is 26.3 Å². The summed E-state index contributed by atoms with van der Waals surface area (Å²) in [5, 5.41) is 4.58. The topological polar surface area (TPSA) is 33.6 Å². The summed E-state index contributed by atoms with van der Waals surface area (Å²) in [4.78, 5) is 0. The van der Waals surface area contributed by atoms with E-state index in [0.717, 1.165) is 6.21 Å². The van der Waals surface area contributed by atoms with Crippen LogP contribution >= 0.6 is 46.4 Å². The summed E-state index contributed by atoms with van der Waals surface area (Å²) in [6.07, 6.45) is -4.41. The first-order valence-electron chi connectivity index (χ1n) is 8.98. The molecule has 3 nitrogen and oxygen atoms in total. The van der Waals surface area contributed by atoms with E-state index in [0.29, 0.717) is 15.6 Å². The number of anilines is 1. The first kappa shape index (κ1) is 26.3. The monoisotopic (exact) mass is 560 g/mol. The number of nitrogens with one attached hydrogen (secondary N) is 1. The minimum atomic E-state index is -5.42. The summed E-state index contributed by atoms with van der Waals surface area (Å²) in [6, 6.07) is 7.59. The molecular formula is C21H10Cl4F6N2O. The maximum absolute atomic E-state index is 14.0. The van der Waals surface area contributed by atoms with Gasteiger partial charge in [0.05, 0.1) is 16.9 Å². The highest BCUT2D eigenvalue weighted by atomic mass is 35.5. The molecular weight excluding hydrogens is 552 g/mol. The second kappa shape index (κ2) is 10.5. The van der Waals surface area contributed by atoms with E-state index in [-0.39, 0.29) is 34.0 Å². The summed E-state index contributed by atoms with van der Waals surface area (Å²) < 4.78 is 85.3. The highest BCUT2D eigenvalue weighted by molar-refractivity contribution is 6.36. The van der Waals surface area contributed by atoms with Gasteiger partial charge in [0.15, 0.2) is 11.6 Å². The zero-order chi connectivity index (χ0) is 25.2. The van der Waals surface area contributed by atoms with Gasteiger partial charge in [-0.3, -0.25) is 5.43 Å². The van der Waals surface area contributed by atoms with E-state index in [4.69, 9.17) is 51.1 Å². The van der Waals surface area contributed by atoms with Gasteiger partial charge in [-0.05, 0) is 24.3 Å². The molecule has 1 N–H and O–H groups in total. The van der Waals surface area contributed by atoms with Gasteiger partial charge < -0.3 is 4.74 Å². The van der Waals surface area contributed by atoms with Crippen molar-refractivity contribution in [3.05, 3.63) is 90.6 Å². The highest BCUT2D eigenvalue weighted by Gasteiger charge is 2.40. The number of hydrogen-bond donors (Lipinski definition) is 1. The van der Waals surface area contributed by atoms with Crippen molar-refractivity contribution in [1.29, 1.82) is 0 Å². The van der Waals surface area contributed by atoms with Gasteiger partial charge in [0.1, 0.15) is 23.7 Å². The molecule has 0 bridgehead atoms. The molecule has 3 aromatic carbocycles. The first-order valence-corrected chi connectivity index (χ1v) is 10.5. The Bertz CT molecular complexity index is 1270. The molecule has 0 unspecified atom stereocenters. The van der Waals surface area contributed by atoms with Crippen molar-refractivity contribution >= 4 is 58.3 Å². The molecule has 0 atom stereocenters. The maximum Gasteiger partial charge on any atom is 0.422 e. The summed E-state index contributed by atoms with van der Waals surface area (Å²) in [7, 11) is 0. The normalized spacial score (nSPS) is 11.8. The van der Waals surface area contributed by atoms with Crippen LogP contribution in [0.5, 0.6) is 5.75 Å². The summed E-state index contributed by atoms with van der Waals surface area (Å²) >= 11 is 24.1. The zero-order valence-corrected chi connectivity index (χ0v) is 19.4. The van der Waals surface area contributed by atoms with Crippen LogP contribution in [0, 0.1) is 17.5 Å². The fraction of sp³-hybridized carbons (Fsp3) is 0.0952. The van der Waals surface area contributed by atoms with Gasteiger partial charge in [0.25, 0.3) is 0 Å². The van der Waals surface area contributed by atoms with Crippen molar-refractivity contribution in [2.75, 3.05) is 5.43 Å². The van der Waals surface area contributed by atoms with Crippen molar-refractivity contribution in [3.63, 3.8) is 0 Å². The van der Waals surface area contributed by atoms with Crippen molar-refractivity contribution in [2.45, 2.75) is 12.8 Å².